The number of anilines is 4. The predicted molar refractivity (Wildman–Crippen MR) is 135 cm³/mol. The van der Waals surface area contributed by atoms with E-state index in [0.717, 1.165) is 74.2 Å². The minimum atomic E-state index is -0.464. The fourth-order valence-electron chi connectivity index (χ4n) is 5.81. The monoisotopic (exact) mass is 476 g/mol. The number of halogens is 1. The molecule has 4 heterocycles. The zero-order valence-corrected chi connectivity index (χ0v) is 20.1. The van der Waals surface area contributed by atoms with Crippen LogP contribution in [0.1, 0.15) is 74.2 Å². The fraction of sp³-hybridized carbons (Fsp3) is 0.538. The van der Waals surface area contributed by atoms with Crippen molar-refractivity contribution in [3.05, 3.63) is 47.3 Å². The number of aryl methyl sites for hydroxylation is 1. The molecule has 184 valence electrons. The lowest BCUT2D eigenvalue weighted by molar-refractivity contribution is 0.465. The number of piperidine rings is 1. The van der Waals surface area contributed by atoms with Gasteiger partial charge in [-0.05, 0) is 63.5 Å². The molecule has 3 aromatic heterocycles. The molecule has 1 saturated carbocycles. The Morgan fingerprint density at radius 2 is 1.91 bits per heavy atom. The summed E-state index contributed by atoms with van der Waals surface area (Å²) in [6, 6.07) is 5.53. The molecule has 1 saturated heterocycles. The minimum absolute atomic E-state index is 0.264. The number of nitrogens with zero attached hydrogens (tertiary/aromatic N) is 5. The molecule has 3 aliphatic rings. The molecule has 0 radical (unpaired) electrons. The number of H-pyrrole nitrogens is 1. The standard InChI is InChI=1S/C26H33FN8/c27-23-12-11-18(15-29-23)28-16-19-8-3-4-13-35(19)26-30-21-10-5-9-20(21)25(32-26)31-24-14-22(33-34-24)17-6-1-2-7-17/h11-12,14-15,17,19,28H,1-10,13,16H2,(H2,30,31,32,33,34). The van der Waals surface area contributed by atoms with Crippen LogP contribution in [0.2, 0.25) is 0 Å². The van der Waals surface area contributed by atoms with Crippen molar-refractivity contribution in [1.82, 2.24) is 25.1 Å². The van der Waals surface area contributed by atoms with Crippen molar-refractivity contribution in [2.24, 2.45) is 0 Å². The van der Waals surface area contributed by atoms with Gasteiger partial charge in [-0.15, -0.1) is 0 Å². The van der Waals surface area contributed by atoms with Crippen molar-refractivity contribution in [2.45, 2.75) is 76.2 Å². The first-order valence-corrected chi connectivity index (χ1v) is 13.1. The lowest BCUT2D eigenvalue weighted by Gasteiger charge is -2.36. The highest BCUT2D eigenvalue weighted by Gasteiger charge is 2.28. The Hall–Kier alpha value is -3.23. The van der Waals surface area contributed by atoms with E-state index in [1.54, 1.807) is 12.3 Å². The van der Waals surface area contributed by atoms with E-state index in [9.17, 15) is 4.39 Å². The second-order valence-electron chi connectivity index (χ2n) is 10.1. The highest BCUT2D eigenvalue weighted by molar-refractivity contribution is 5.61. The molecule has 1 aliphatic heterocycles. The average Bonchev–Trinajstić information content (AvgIpc) is 3.65. The van der Waals surface area contributed by atoms with Crippen LogP contribution in [0.4, 0.5) is 27.7 Å². The van der Waals surface area contributed by atoms with Gasteiger partial charge >= 0.3 is 0 Å². The molecule has 1 atom stereocenters. The molecule has 8 nitrogen and oxygen atoms in total. The zero-order chi connectivity index (χ0) is 23.6. The first-order valence-electron chi connectivity index (χ1n) is 13.1. The number of rotatable bonds is 7. The van der Waals surface area contributed by atoms with Crippen molar-refractivity contribution in [3.8, 4) is 0 Å². The average molecular weight is 477 g/mol. The van der Waals surface area contributed by atoms with Crippen LogP contribution in [-0.4, -0.2) is 44.3 Å². The third-order valence-electron chi connectivity index (χ3n) is 7.71. The quantitative estimate of drug-likeness (QED) is 0.409. The first kappa shape index (κ1) is 22.2. The van der Waals surface area contributed by atoms with Crippen LogP contribution >= 0.6 is 0 Å². The topological polar surface area (TPSA) is 94.7 Å². The molecule has 3 N–H and O–H groups in total. The number of fused-ring (bicyclic) bond motifs is 1. The number of hydrogen-bond acceptors (Lipinski definition) is 7. The highest BCUT2D eigenvalue weighted by atomic mass is 19.1. The smallest absolute Gasteiger partial charge is 0.227 e. The lowest BCUT2D eigenvalue weighted by Crippen LogP contribution is -2.44. The van der Waals surface area contributed by atoms with Gasteiger partial charge in [0.05, 0.1) is 17.6 Å². The van der Waals surface area contributed by atoms with Gasteiger partial charge in [-0.25, -0.2) is 9.97 Å². The van der Waals surface area contributed by atoms with E-state index in [4.69, 9.17) is 9.97 Å². The maximum atomic E-state index is 13.2. The summed E-state index contributed by atoms with van der Waals surface area (Å²) >= 11 is 0. The number of aromatic nitrogens is 5. The molecule has 6 rings (SSSR count). The molecular weight excluding hydrogens is 443 g/mol. The molecule has 1 unspecified atom stereocenters. The van der Waals surface area contributed by atoms with Crippen molar-refractivity contribution in [2.75, 3.05) is 28.6 Å². The fourth-order valence-corrected chi connectivity index (χ4v) is 5.81. The Kier molecular flexibility index (Phi) is 6.22. The largest absolute Gasteiger partial charge is 0.382 e. The summed E-state index contributed by atoms with van der Waals surface area (Å²) in [5.41, 5.74) is 4.44. The van der Waals surface area contributed by atoms with Crippen molar-refractivity contribution in [3.63, 3.8) is 0 Å². The summed E-state index contributed by atoms with van der Waals surface area (Å²) in [5, 5.41) is 14.8. The van der Waals surface area contributed by atoms with E-state index < -0.39 is 5.95 Å². The van der Waals surface area contributed by atoms with Gasteiger partial charge in [0.25, 0.3) is 0 Å². The Morgan fingerprint density at radius 3 is 2.77 bits per heavy atom. The summed E-state index contributed by atoms with van der Waals surface area (Å²) < 4.78 is 13.2. The zero-order valence-electron chi connectivity index (χ0n) is 20.1. The van der Waals surface area contributed by atoms with Crippen LogP contribution in [0.25, 0.3) is 0 Å². The van der Waals surface area contributed by atoms with Crippen LogP contribution in [0, 0.1) is 5.95 Å². The normalized spacial score (nSPS) is 20.3. The third kappa shape index (κ3) is 4.81. The van der Waals surface area contributed by atoms with Crippen LogP contribution in [-0.2, 0) is 12.8 Å². The second kappa shape index (κ2) is 9.79. The molecule has 0 spiro atoms. The minimum Gasteiger partial charge on any atom is -0.382 e. The Labute approximate surface area is 205 Å². The van der Waals surface area contributed by atoms with E-state index >= 15 is 0 Å². The third-order valence-corrected chi connectivity index (χ3v) is 7.71. The number of nitrogens with one attached hydrogen (secondary N) is 3. The maximum absolute atomic E-state index is 13.2. The lowest BCUT2D eigenvalue weighted by atomic mass is 10.0. The summed E-state index contributed by atoms with van der Waals surface area (Å²) in [7, 11) is 0. The Bertz CT molecular complexity index is 1150. The van der Waals surface area contributed by atoms with E-state index in [0.29, 0.717) is 5.92 Å². The van der Waals surface area contributed by atoms with Gasteiger partial charge in [-0.1, -0.05) is 12.8 Å². The summed E-state index contributed by atoms with van der Waals surface area (Å²) in [6.45, 7) is 1.67. The van der Waals surface area contributed by atoms with Gasteiger partial charge in [0.1, 0.15) is 5.82 Å². The van der Waals surface area contributed by atoms with Gasteiger partial charge in [0.2, 0.25) is 11.9 Å². The van der Waals surface area contributed by atoms with Crippen LogP contribution < -0.4 is 15.5 Å². The number of hydrogen-bond donors (Lipinski definition) is 3. The Morgan fingerprint density at radius 1 is 1.03 bits per heavy atom. The molecule has 35 heavy (non-hydrogen) atoms. The summed E-state index contributed by atoms with van der Waals surface area (Å²) in [5.74, 6) is 2.66. The Balaban J connectivity index is 1.22. The van der Waals surface area contributed by atoms with Crippen LogP contribution in [0.3, 0.4) is 0 Å². The van der Waals surface area contributed by atoms with E-state index in [2.05, 4.69) is 36.8 Å². The number of pyridine rings is 1. The van der Waals surface area contributed by atoms with Gasteiger partial charge < -0.3 is 15.5 Å². The first-order chi connectivity index (χ1) is 17.2. The molecule has 9 heteroatoms. The molecule has 0 aromatic carbocycles. The van der Waals surface area contributed by atoms with Crippen molar-refractivity contribution >= 4 is 23.3 Å². The molecule has 0 bridgehead atoms. The van der Waals surface area contributed by atoms with Crippen molar-refractivity contribution < 1.29 is 4.39 Å². The van der Waals surface area contributed by atoms with E-state index in [1.165, 1.54) is 49.4 Å². The second-order valence-corrected chi connectivity index (χ2v) is 10.1. The van der Waals surface area contributed by atoms with E-state index in [1.807, 2.05) is 0 Å². The van der Waals surface area contributed by atoms with Crippen LogP contribution in [0.15, 0.2) is 24.4 Å². The molecular formula is C26H33FN8. The van der Waals surface area contributed by atoms with Gasteiger partial charge in [-0.3, -0.25) is 5.10 Å². The summed E-state index contributed by atoms with van der Waals surface area (Å²) in [4.78, 5) is 16.2. The molecule has 3 aromatic rings. The molecule has 0 amide bonds. The van der Waals surface area contributed by atoms with Crippen LogP contribution in [0.5, 0.6) is 0 Å². The van der Waals surface area contributed by atoms with E-state index in [-0.39, 0.29) is 6.04 Å². The highest BCUT2D eigenvalue weighted by Crippen LogP contribution is 2.35. The number of aromatic amines is 1. The SMILES string of the molecule is Fc1ccc(NCC2CCCCN2c2nc3c(c(Nc4cc(C5CCCC5)[nH]n4)n2)CCC3)cn1. The maximum Gasteiger partial charge on any atom is 0.227 e. The summed E-state index contributed by atoms with van der Waals surface area (Å²) in [6.07, 6.45) is 13.1. The van der Waals surface area contributed by atoms with Gasteiger partial charge in [0.15, 0.2) is 5.82 Å². The van der Waals surface area contributed by atoms with Gasteiger partial charge in [0, 0.05) is 42.4 Å². The molecule has 2 aliphatic carbocycles. The predicted octanol–water partition coefficient (Wildman–Crippen LogP) is 5.09. The molecule has 2 fully saturated rings. The van der Waals surface area contributed by atoms with Crippen molar-refractivity contribution in [1.29, 1.82) is 0 Å². The van der Waals surface area contributed by atoms with Gasteiger partial charge in [-0.2, -0.15) is 14.5 Å².